The molecule has 0 radical (unpaired) electrons. The fraction of sp³-hybridized carbons (Fsp3) is 0.0952. The number of amides is 2. The first-order chi connectivity index (χ1) is 25.9. The number of carboxylic acids is 4. The van der Waals surface area contributed by atoms with Crippen molar-refractivity contribution in [3.8, 4) is 0 Å². The molecule has 0 saturated heterocycles. The minimum atomic E-state index is -1.44. The van der Waals surface area contributed by atoms with Gasteiger partial charge in [-0.1, -0.05) is 109 Å². The summed E-state index contributed by atoms with van der Waals surface area (Å²) in [5.41, 5.74) is 0.838. The molecule has 6 aromatic rings. The molecule has 0 aromatic heterocycles. The van der Waals surface area contributed by atoms with Crippen LogP contribution in [0.25, 0.3) is 21.5 Å². The van der Waals surface area contributed by atoms with Crippen LogP contribution < -0.4 is 20.8 Å². The smallest absolute Gasteiger partial charge is 0.548 e. The zero-order valence-electron chi connectivity index (χ0n) is 29.1. The van der Waals surface area contributed by atoms with Crippen LogP contribution in [-0.2, 0) is 22.4 Å². The Labute approximate surface area is 344 Å². The average molecular weight is 765 g/mol. The first kappa shape index (κ1) is 41.7. The van der Waals surface area contributed by atoms with Crippen molar-refractivity contribution in [2.75, 3.05) is 0 Å². The van der Waals surface area contributed by atoms with Crippen molar-refractivity contribution >= 4 is 95.0 Å². The van der Waals surface area contributed by atoms with Gasteiger partial charge in [-0.05, 0) is 69.8 Å². The third-order valence-corrected chi connectivity index (χ3v) is 8.49. The van der Waals surface area contributed by atoms with E-state index in [0.29, 0.717) is 0 Å². The summed E-state index contributed by atoms with van der Waals surface area (Å²) in [7, 11) is 0. The third kappa shape index (κ3) is 11.0. The number of carbonyl (C=O) groups excluding carboxylic acids is 4. The fourth-order valence-electron chi connectivity index (χ4n) is 5.80. The van der Waals surface area contributed by atoms with Crippen molar-refractivity contribution in [3.05, 3.63) is 167 Å². The van der Waals surface area contributed by atoms with Gasteiger partial charge in [0.1, 0.15) is 0 Å². The van der Waals surface area contributed by atoms with Crippen molar-refractivity contribution in [1.82, 2.24) is 10.6 Å². The van der Waals surface area contributed by atoms with Gasteiger partial charge in [0.2, 0.25) is 0 Å². The zero-order chi connectivity index (χ0) is 38.8. The minimum Gasteiger partial charge on any atom is -0.548 e. The fourth-order valence-corrected chi connectivity index (χ4v) is 5.80. The molecule has 2 amide bonds. The van der Waals surface area contributed by atoms with Gasteiger partial charge < -0.3 is 40.6 Å². The predicted molar refractivity (Wildman–Crippen MR) is 200 cm³/mol. The van der Waals surface area contributed by atoms with E-state index in [-0.39, 0.29) is 72.8 Å². The summed E-state index contributed by atoms with van der Waals surface area (Å²) in [6.45, 7) is 0. The number of hydrogen-bond acceptors (Lipinski definition) is 8. The molecule has 2 unspecified atom stereocenters. The van der Waals surface area contributed by atoms with E-state index in [2.05, 4.69) is 10.6 Å². The Bertz CT molecular complexity index is 2230. The molecule has 272 valence electrons. The quantitative estimate of drug-likeness (QED) is 0.134. The van der Waals surface area contributed by atoms with Gasteiger partial charge in [0.25, 0.3) is 11.8 Å². The second kappa shape index (κ2) is 19.3. The largest absolute Gasteiger partial charge is 2.00 e. The van der Waals surface area contributed by atoms with E-state index in [1.807, 2.05) is 72.8 Å². The number of benzene rings is 6. The molecule has 0 aliphatic carbocycles. The zero-order valence-corrected chi connectivity index (χ0v) is 31.3. The summed E-state index contributed by atoms with van der Waals surface area (Å²) in [5.74, 6) is -6.96. The Morgan fingerprint density at radius 1 is 0.455 bits per heavy atom. The molecule has 0 spiro atoms. The van der Waals surface area contributed by atoms with Gasteiger partial charge in [0, 0.05) is 0 Å². The van der Waals surface area contributed by atoms with Gasteiger partial charge in [-0.15, -0.1) is 0 Å². The van der Waals surface area contributed by atoms with Gasteiger partial charge in [-0.2, -0.15) is 0 Å². The molecule has 0 aliphatic rings. The van der Waals surface area contributed by atoms with Gasteiger partial charge >= 0.3 is 49.7 Å². The second-order valence-corrected chi connectivity index (χ2v) is 12.2. The topological polar surface area (TPSA) is 213 Å². The van der Waals surface area contributed by atoms with Gasteiger partial charge in [-0.3, -0.25) is 9.59 Å². The number of hydrogen-bond donors (Lipinski definition) is 4. The molecule has 6 rings (SSSR count). The maximum atomic E-state index is 12.4. The van der Waals surface area contributed by atoms with Crippen LogP contribution in [0.5, 0.6) is 0 Å². The number of aromatic carboxylic acids is 2. The monoisotopic (exact) mass is 764 g/mol. The summed E-state index contributed by atoms with van der Waals surface area (Å²) in [5, 5.41) is 50.1. The maximum Gasteiger partial charge on any atom is 2.00 e. The Kier molecular flexibility index (Phi) is 14.6. The normalized spacial score (nSPS) is 11.5. The molecule has 2 atom stereocenters. The molecule has 0 aliphatic heterocycles. The molecule has 55 heavy (non-hydrogen) atoms. The van der Waals surface area contributed by atoms with Crippen LogP contribution in [0, 0.1) is 0 Å². The predicted octanol–water partition coefficient (Wildman–Crippen LogP) is 2.88. The van der Waals surface area contributed by atoms with Crippen LogP contribution in [0.1, 0.15) is 52.6 Å². The number of carbonyl (C=O) groups is 6. The minimum absolute atomic E-state index is 0. The number of nitrogens with one attached hydrogen (secondary N) is 2. The Morgan fingerprint density at radius 2 is 0.764 bits per heavy atom. The molecular weight excluding hydrogens is 733 g/mol. The van der Waals surface area contributed by atoms with E-state index in [9.17, 15) is 49.2 Å². The molecule has 12 nitrogen and oxygen atoms in total. The first-order valence-electron chi connectivity index (χ1n) is 16.5. The summed E-state index contributed by atoms with van der Waals surface area (Å²) in [4.78, 5) is 70.4. The molecule has 0 fully saturated rings. The van der Waals surface area contributed by atoms with E-state index in [0.717, 1.165) is 32.7 Å². The first-order valence-corrected chi connectivity index (χ1v) is 16.5. The van der Waals surface area contributed by atoms with E-state index >= 15 is 0 Å². The average Bonchev–Trinajstić information content (AvgIpc) is 3.17. The van der Waals surface area contributed by atoms with Crippen LogP contribution in [0.15, 0.2) is 133 Å². The summed E-state index contributed by atoms with van der Waals surface area (Å²) in [6.07, 6.45) is 0.0439. The molecular formula is C42H32CaN2O10. The SMILES string of the molecule is O=C(O)c1ccccc1C(=O)NC(Cc1ccc2ccccc2c1)C(=O)[O-].O=C(O)c1ccccc1C(=O)NC(Cc1ccc2ccccc2c1)C(=O)[O-].[Ca+2]. The number of aliphatic carboxylic acids is 2. The molecule has 0 saturated carbocycles. The van der Waals surface area contributed by atoms with Crippen LogP contribution in [-0.4, -0.2) is 95.7 Å². The number of fused-ring (bicyclic) bond motifs is 2. The molecule has 0 bridgehead atoms. The Hall–Kier alpha value is -6.08. The number of rotatable bonds is 12. The second-order valence-electron chi connectivity index (χ2n) is 12.2. The van der Waals surface area contributed by atoms with E-state index in [1.54, 1.807) is 12.1 Å². The summed E-state index contributed by atoms with van der Waals surface area (Å²) in [6, 6.07) is 35.0. The van der Waals surface area contributed by atoms with Crippen LogP contribution in [0.3, 0.4) is 0 Å². The molecule has 6 aromatic carbocycles. The van der Waals surface area contributed by atoms with Crippen molar-refractivity contribution in [1.29, 1.82) is 0 Å². The van der Waals surface area contributed by atoms with E-state index < -0.39 is 47.8 Å². The van der Waals surface area contributed by atoms with Crippen LogP contribution in [0.4, 0.5) is 0 Å². The van der Waals surface area contributed by atoms with Gasteiger partial charge in [0.05, 0.1) is 46.3 Å². The molecule has 13 heteroatoms. The van der Waals surface area contributed by atoms with Crippen LogP contribution in [0.2, 0.25) is 0 Å². The van der Waals surface area contributed by atoms with Gasteiger partial charge in [-0.25, -0.2) is 9.59 Å². The Balaban J connectivity index is 0.000000240. The number of carboxylic acid groups (broad SMARTS) is 4. The Morgan fingerprint density at radius 3 is 1.09 bits per heavy atom. The van der Waals surface area contributed by atoms with E-state index in [1.165, 1.54) is 48.5 Å². The maximum absolute atomic E-state index is 12.4. The van der Waals surface area contributed by atoms with Crippen molar-refractivity contribution in [3.63, 3.8) is 0 Å². The molecule has 4 N–H and O–H groups in total. The van der Waals surface area contributed by atoms with Crippen molar-refractivity contribution in [2.24, 2.45) is 0 Å². The third-order valence-electron chi connectivity index (χ3n) is 8.49. The summed E-state index contributed by atoms with van der Waals surface area (Å²) < 4.78 is 0. The van der Waals surface area contributed by atoms with Crippen molar-refractivity contribution < 1.29 is 49.2 Å². The van der Waals surface area contributed by atoms with E-state index in [4.69, 9.17) is 0 Å². The molecule has 0 heterocycles. The van der Waals surface area contributed by atoms with Crippen molar-refractivity contribution in [2.45, 2.75) is 24.9 Å². The standard InChI is InChI=1S/2C21H17NO5.Ca/c2*23-19(16-7-3-4-8-17(16)20(24)25)22-18(21(26)27)12-13-9-10-14-5-1-2-6-15(14)11-13;/h2*1-11,18H,12H2,(H,22,23)(H,24,25)(H,26,27);/q;;+2/p-2. The van der Waals surface area contributed by atoms with Gasteiger partial charge in [0.15, 0.2) is 0 Å². The van der Waals surface area contributed by atoms with Crippen LogP contribution >= 0.6 is 0 Å². The summed E-state index contributed by atoms with van der Waals surface area (Å²) >= 11 is 0.